The molecular formula is C18H20N4O2. The van der Waals surface area contributed by atoms with Crippen molar-refractivity contribution in [1.82, 2.24) is 15.0 Å². The summed E-state index contributed by atoms with van der Waals surface area (Å²) in [6.07, 6.45) is 11.9. The minimum Gasteiger partial charge on any atom is -0.444 e. The smallest absolute Gasteiger partial charge is 0.227 e. The predicted octanol–water partition coefficient (Wildman–Crippen LogP) is 3.31. The topological polar surface area (TPSA) is 87.0 Å². The van der Waals surface area contributed by atoms with E-state index in [0.717, 1.165) is 29.8 Å². The second kappa shape index (κ2) is 6.13. The molecule has 1 saturated carbocycles. The Kier molecular flexibility index (Phi) is 3.82. The number of nitrogens with zero attached hydrogens (tertiary/aromatic N) is 2. The first-order valence-electron chi connectivity index (χ1n) is 8.21. The third-order valence-corrected chi connectivity index (χ3v) is 4.70. The summed E-state index contributed by atoms with van der Waals surface area (Å²) in [5.74, 6) is 0.542. The van der Waals surface area contributed by atoms with Crippen LogP contribution in [0.15, 0.2) is 53.7 Å². The Morgan fingerprint density at radius 1 is 1.21 bits per heavy atom. The first kappa shape index (κ1) is 15.0. The molecule has 1 fully saturated rings. The number of anilines is 1. The Balaban J connectivity index is 1.42. The molecule has 24 heavy (non-hydrogen) atoms. The highest BCUT2D eigenvalue weighted by Crippen LogP contribution is 2.37. The van der Waals surface area contributed by atoms with Crippen LogP contribution in [0.4, 0.5) is 5.69 Å². The summed E-state index contributed by atoms with van der Waals surface area (Å²) in [4.78, 5) is 11.6. The van der Waals surface area contributed by atoms with Crippen LogP contribution in [-0.4, -0.2) is 26.1 Å². The van der Waals surface area contributed by atoms with Crippen LogP contribution < -0.4 is 5.32 Å². The number of hydrogen-bond donors (Lipinski definition) is 3. The molecule has 0 radical (unpaired) electrons. The molecule has 3 aromatic rings. The highest BCUT2D eigenvalue weighted by atomic mass is 16.3. The van der Waals surface area contributed by atoms with Crippen LogP contribution in [0, 0.1) is 0 Å². The molecule has 6 heteroatoms. The summed E-state index contributed by atoms with van der Waals surface area (Å²) in [5.41, 5.74) is 1.78. The number of aliphatic hydroxyl groups is 1. The van der Waals surface area contributed by atoms with Gasteiger partial charge in [-0.2, -0.15) is 0 Å². The summed E-state index contributed by atoms with van der Waals surface area (Å²) in [7, 11) is 0. The Morgan fingerprint density at radius 2 is 2.08 bits per heavy atom. The lowest BCUT2D eigenvalue weighted by atomic mass is 9.79. The van der Waals surface area contributed by atoms with E-state index >= 15 is 0 Å². The van der Waals surface area contributed by atoms with E-state index in [0.29, 0.717) is 24.8 Å². The van der Waals surface area contributed by atoms with Gasteiger partial charge in [0.05, 0.1) is 23.1 Å². The number of rotatable bonds is 4. The zero-order chi connectivity index (χ0) is 16.4. The molecule has 0 saturated heterocycles. The monoisotopic (exact) mass is 324 g/mol. The van der Waals surface area contributed by atoms with Gasteiger partial charge in [-0.1, -0.05) is 0 Å². The minimum atomic E-state index is -0.856. The number of nitrogens with one attached hydrogen (secondary N) is 2. The van der Waals surface area contributed by atoms with Crippen molar-refractivity contribution >= 4 is 5.69 Å². The lowest BCUT2D eigenvalue weighted by Crippen LogP contribution is -2.36. The number of aromatic amines is 1. The van der Waals surface area contributed by atoms with Crippen LogP contribution in [0.1, 0.15) is 31.4 Å². The average molecular weight is 324 g/mol. The van der Waals surface area contributed by atoms with Gasteiger partial charge in [0.25, 0.3) is 0 Å². The van der Waals surface area contributed by atoms with E-state index in [1.54, 1.807) is 12.4 Å². The predicted molar refractivity (Wildman–Crippen MR) is 90.3 cm³/mol. The molecule has 3 N–H and O–H groups in total. The second-order valence-electron chi connectivity index (χ2n) is 6.32. The van der Waals surface area contributed by atoms with Crippen molar-refractivity contribution in [2.75, 3.05) is 5.32 Å². The zero-order valence-corrected chi connectivity index (χ0v) is 13.3. The Labute approximate surface area is 140 Å². The Hall–Kier alpha value is -2.60. The van der Waals surface area contributed by atoms with Gasteiger partial charge in [0.1, 0.15) is 11.9 Å². The van der Waals surface area contributed by atoms with Crippen LogP contribution in [0.2, 0.25) is 0 Å². The molecule has 3 aromatic heterocycles. The van der Waals surface area contributed by atoms with Gasteiger partial charge >= 0.3 is 0 Å². The van der Waals surface area contributed by atoms with Gasteiger partial charge in [0.2, 0.25) is 5.89 Å². The van der Waals surface area contributed by atoms with E-state index in [-0.39, 0.29) is 0 Å². The molecule has 124 valence electrons. The Morgan fingerprint density at radius 3 is 2.71 bits per heavy atom. The van der Waals surface area contributed by atoms with Gasteiger partial charge in [-0.3, -0.25) is 4.98 Å². The molecule has 6 nitrogen and oxygen atoms in total. The quantitative estimate of drug-likeness (QED) is 0.685. The third-order valence-electron chi connectivity index (χ3n) is 4.70. The fourth-order valence-electron chi connectivity index (χ4n) is 3.31. The van der Waals surface area contributed by atoms with Gasteiger partial charge in [0, 0.05) is 24.6 Å². The second-order valence-corrected chi connectivity index (χ2v) is 6.32. The molecule has 1 aliphatic rings. The first-order valence-corrected chi connectivity index (χ1v) is 8.21. The number of hydrogen-bond acceptors (Lipinski definition) is 5. The highest BCUT2D eigenvalue weighted by molar-refractivity contribution is 5.51. The van der Waals surface area contributed by atoms with Crippen LogP contribution in [0.25, 0.3) is 11.5 Å². The molecule has 0 aliphatic heterocycles. The summed E-state index contributed by atoms with van der Waals surface area (Å²) in [6.45, 7) is 0. The average Bonchev–Trinajstić information content (AvgIpc) is 3.31. The van der Waals surface area contributed by atoms with Gasteiger partial charge < -0.3 is 19.8 Å². The van der Waals surface area contributed by atoms with E-state index in [4.69, 9.17) is 4.42 Å². The summed E-state index contributed by atoms with van der Waals surface area (Å²) in [6, 6.07) is 6.17. The molecule has 3 heterocycles. The maximum Gasteiger partial charge on any atom is 0.227 e. The number of oxazole rings is 1. The molecule has 0 atom stereocenters. The largest absolute Gasteiger partial charge is 0.444 e. The van der Waals surface area contributed by atoms with E-state index in [9.17, 15) is 5.11 Å². The molecule has 0 amide bonds. The maximum atomic E-state index is 11.0. The van der Waals surface area contributed by atoms with Crippen LogP contribution >= 0.6 is 0 Å². The van der Waals surface area contributed by atoms with Crippen molar-refractivity contribution in [3.05, 3.63) is 54.9 Å². The van der Waals surface area contributed by atoms with Crippen molar-refractivity contribution in [3.8, 4) is 11.5 Å². The van der Waals surface area contributed by atoms with Gasteiger partial charge in [0.15, 0.2) is 0 Å². The normalized spacial score (nSPS) is 24.0. The molecular weight excluding hydrogens is 304 g/mol. The lowest BCUT2D eigenvalue weighted by molar-refractivity contribution is -0.00723. The lowest BCUT2D eigenvalue weighted by Gasteiger charge is -2.36. The van der Waals surface area contributed by atoms with Crippen LogP contribution in [-0.2, 0) is 5.60 Å². The van der Waals surface area contributed by atoms with Crippen molar-refractivity contribution in [3.63, 3.8) is 0 Å². The summed E-state index contributed by atoms with van der Waals surface area (Å²) in [5, 5.41) is 14.5. The number of H-pyrrole nitrogens is 1. The molecule has 0 aromatic carbocycles. The van der Waals surface area contributed by atoms with Crippen molar-refractivity contribution in [2.45, 2.75) is 37.3 Å². The standard InChI is InChI=1S/C18H20N4O2/c23-18(6-3-14(4-7-18)22-15-5-8-19-12-15)16-2-1-13(11-21-16)17-20-9-10-24-17/h1-2,5,8-12,14,19,22-23H,3-4,6-7H2. The molecule has 0 unspecified atom stereocenters. The van der Waals surface area contributed by atoms with Crippen molar-refractivity contribution in [2.24, 2.45) is 0 Å². The van der Waals surface area contributed by atoms with E-state index in [2.05, 4.69) is 20.3 Å². The number of pyridine rings is 1. The number of aromatic nitrogens is 3. The highest BCUT2D eigenvalue weighted by Gasteiger charge is 2.36. The van der Waals surface area contributed by atoms with E-state index < -0.39 is 5.60 Å². The fraction of sp³-hybridized carbons (Fsp3) is 0.333. The van der Waals surface area contributed by atoms with Gasteiger partial charge in [-0.25, -0.2) is 4.98 Å². The maximum absolute atomic E-state index is 11.0. The van der Waals surface area contributed by atoms with Crippen LogP contribution in [0.3, 0.4) is 0 Å². The Bertz CT molecular complexity index is 758. The molecule has 4 rings (SSSR count). The van der Waals surface area contributed by atoms with Crippen molar-refractivity contribution in [1.29, 1.82) is 0 Å². The van der Waals surface area contributed by atoms with Gasteiger partial charge in [-0.05, 0) is 43.9 Å². The van der Waals surface area contributed by atoms with E-state index in [1.165, 1.54) is 6.26 Å². The first-order chi connectivity index (χ1) is 11.7. The summed E-state index contributed by atoms with van der Waals surface area (Å²) < 4.78 is 5.27. The molecule has 0 bridgehead atoms. The minimum absolute atomic E-state index is 0.382. The third kappa shape index (κ3) is 2.92. The van der Waals surface area contributed by atoms with Crippen molar-refractivity contribution < 1.29 is 9.52 Å². The zero-order valence-electron chi connectivity index (χ0n) is 13.3. The van der Waals surface area contributed by atoms with Gasteiger partial charge in [-0.15, -0.1) is 0 Å². The fourth-order valence-corrected chi connectivity index (χ4v) is 3.31. The SMILES string of the molecule is OC1(c2ccc(-c3ncco3)cn2)CCC(Nc2cc[nH]c2)CC1. The molecule has 1 aliphatic carbocycles. The van der Waals surface area contributed by atoms with Crippen LogP contribution in [0.5, 0.6) is 0 Å². The molecule has 0 spiro atoms. The van der Waals surface area contributed by atoms with E-state index in [1.807, 2.05) is 30.6 Å². The summed E-state index contributed by atoms with van der Waals surface area (Å²) >= 11 is 0.